The van der Waals surface area contributed by atoms with E-state index in [0.717, 1.165) is 6.08 Å². The Kier molecular flexibility index (Phi) is 9.14. The van der Waals surface area contributed by atoms with E-state index in [2.05, 4.69) is 13.2 Å². The minimum Gasteiger partial charge on any atom is -0.445 e. The fourth-order valence-electron chi connectivity index (χ4n) is 2.46. The molecular formula is C19H25F3NO5P. The average molecular weight is 435 g/mol. The molecule has 29 heavy (non-hydrogen) atoms. The molecule has 0 fully saturated rings. The zero-order chi connectivity index (χ0) is 22.1. The van der Waals surface area contributed by atoms with Crippen LogP contribution in [0.1, 0.15) is 25.8 Å². The van der Waals surface area contributed by atoms with Gasteiger partial charge in [0.25, 0.3) is 0 Å². The van der Waals surface area contributed by atoms with Crippen LogP contribution in [0.2, 0.25) is 0 Å². The molecule has 0 heterocycles. The lowest BCUT2D eigenvalue weighted by molar-refractivity contribution is -0.174. The first-order chi connectivity index (χ1) is 13.5. The molecule has 1 aromatic carbocycles. The van der Waals surface area contributed by atoms with Crippen molar-refractivity contribution in [1.82, 2.24) is 5.32 Å². The van der Waals surface area contributed by atoms with Gasteiger partial charge in [0.15, 0.2) is 0 Å². The molecule has 0 bridgehead atoms. The van der Waals surface area contributed by atoms with Crippen molar-refractivity contribution in [2.75, 3.05) is 13.2 Å². The third-order valence-electron chi connectivity index (χ3n) is 3.83. The fraction of sp³-hybridized carbons (Fsp3) is 0.421. The summed E-state index contributed by atoms with van der Waals surface area (Å²) in [5, 5.41) is -1.69. The van der Waals surface area contributed by atoms with Crippen LogP contribution in [0.15, 0.2) is 55.1 Å². The van der Waals surface area contributed by atoms with Crippen LogP contribution in [0, 0.1) is 0 Å². The van der Waals surface area contributed by atoms with Gasteiger partial charge in [-0.3, -0.25) is 9.88 Å². The number of benzene rings is 1. The molecule has 0 radical (unpaired) electrons. The molecular weight excluding hydrogens is 410 g/mol. The molecule has 1 aromatic rings. The Bertz CT molecular complexity index is 744. The lowest BCUT2D eigenvalue weighted by Crippen LogP contribution is -2.59. The van der Waals surface area contributed by atoms with Crippen LogP contribution in [0.5, 0.6) is 0 Å². The van der Waals surface area contributed by atoms with Crippen molar-refractivity contribution in [3.8, 4) is 0 Å². The molecule has 0 aliphatic rings. The Morgan fingerprint density at radius 1 is 1.17 bits per heavy atom. The van der Waals surface area contributed by atoms with E-state index in [1.165, 1.54) is 13.8 Å². The second kappa shape index (κ2) is 10.6. The summed E-state index contributed by atoms with van der Waals surface area (Å²) in [7, 11) is -4.94. The van der Waals surface area contributed by atoms with Gasteiger partial charge in [0.1, 0.15) is 6.61 Å². The summed E-state index contributed by atoms with van der Waals surface area (Å²) in [6.45, 7) is 8.61. The highest BCUT2D eigenvalue weighted by Gasteiger charge is 2.69. The second-order valence-electron chi connectivity index (χ2n) is 5.92. The van der Waals surface area contributed by atoms with Crippen molar-refractivity contribution in [2.45, 2.75) is 38.3 Å². The maximum atomic E-state index is 14.3. The van der Waals surface area contributed by atoms with E-state index in [1.54, 1.807) is 35.6 Å². The normalized spacial score (nSPS) is 14.0. The summed E-state index contributed by atoms with van der Waals surface area (Å²) < 4.78 is 70.8. The van der Waals surface area contributed by atoms with Gasteiger partial charge in [0.2, 0.25) is 5.28 Å². The first kappa shape index (κ1) is 24.9. The maximum Gasteiger partial charge on any atom is 0.423 e. The van der Waals surface area contributed by atoms with Gasteiger partial charge >= 0.3 is 19.9 Å². The van der Waals surface area contributed by atoms with Gasteiger partial charge in [-0.1, -0.05) is 55.1 Å². The number of rotatable bonds is 11. The van der Waals surface area contributed by atoms with Crippen LogP contribution >= 0.6 is 7.60 Å². The van der Waals surface area contributed by atoms with Gasteiger partial charge in [-0.15, -0.1) is 0 Å². The third kappa shape index (κ3) is 6.19. The zero-order valence-corrected chi connectivity index (χ0v) is 17.2. The van der Waals surface area contributed by atoms with Crippen molar-refractivity contribution in [3.63, 3.8) is 0 Å². The van der Waals surface area contributed by atoms with Gasteiger partial charge in [0, 0.05) is 6.42 Å². The molecule has 0 aliphatic carbocycles. The summed E-state index contributed by atoms with van der Waals surface area (Å²) in [6, 6.07) is 8.37. The largest absolute Gasteiger partial charge is 0.445 e. The number of alkyl carbamates (subject to hydrolysis) is 1. The van der Waals surface area contributed by atoms with Gasteiger partial charge < -0.3 is 13.8 Å². The molecule has 0 saturated heterocycles. The first-order valence-electron chi connectivity index (χ1n) is 8.80. The van der Waals surface area contributed by atoms with E-state index in [9.17, 15) is 22.5 Å². The molecule has 10 heteroatoms. The lowest BCUT2D eigenvalue weighted by Gasteiger charge is -2.40. The van der Waals surface area contributed by atoms with E-state index in [4.69, 9.17) is 13.8 Å². The number of hydrogen-bond donors (Lipinski definition) is 1. The highest BCUT2D eigenvalue weighted by molar-refractivity contribution is 7.55. The predicted molar refractivity (Wildman–Crippen MR) is 103 cm³/mol. The molecule has 1 rings (SSSR count). The Morgan fingerprint density at radius 2 is 1.72 bits per heavy atom. The summed E-state index contributed by atoms with van der Waals surface area (Å²) in [6.07, 6.45) is -6.56. The van der Waals surface area contributed by atoms with Crippen LogP contribution < -0.4 is 5.32 Å². The van der Waals surface area contributed by atoms with Crippen molar-refractivity contribution < 1.29 is 36.3 Å². The molecule has 0 aliphatic heterocycles. The Hall–Kier alpha value is -2.09. The number of nitrogens with one attached hydrogen (secondary N) is 1. The number of carbonyl (C=O) groups is 1. The van der Waals surface area contributed by atoms with E-state index in [-0.39, 0.29) is 25.4 Å². The van der Waals surface area contributed by atoms with Crippen LogP contribution in [-0.4, -0.2) is 30.8 Å². The molecule has 1 unspecified atom stereocenters. The molecule has 1 atom stereocenters. The maximum absolute atomic E-state index is 14.3. The second-order valence-corrected chi connectivity index (χ2v) is 8.19. The molecule has 0 saturated carbocycles. The Morgan fingerprint density at radius 3 is 2.17 bits per heavy atom. The van der Waals surface area contributed by atoms with Gasteiger partial charge in [-0.25, -0.2) is 4.79 Å². The van der Waals surface area contributed by atoms with Gasteiger partial charge in [0.05, 0.1) is 13.2 Å². The minimum absolute atomic E-state index is 0.120. The highest BCUT2D eigenvalue weighted by Crippen LogP contribution is 2.66. The number of alkyl halides is 3. The summed E-state index contributed by atoms with van der Waals surface area (Å²) in [4.78, 5) is 12.3. The molecule has 1 N–H and O–H groups in total. The van der Waals surface area contributed by atoms with E-state index in [0.29, 0.717) is 5.56 Å². The number of hydrogen-bond acceptors (Lipinski definition) is 5. The minimum atomic E-state index is -5.22. The quantitative estimate of drug-likeness (QED) is 0.363. The van der Waals surface area contributed by atoms with Crippen molar-refractivity contribution in [3.05, 3.63) is 60.7 Å². The summed E-state index contributed by atoms with van der Waals surface area (Å²) in [5.41, 5.74) is 0.443. The topological polar surface area (TPSA) is 73.9 Å². The smallest absolute Gasteiger partial charge is 0.423 e. The van der Waals surface area contributed by atoms with E-state index < -0.39 is 31.6 Å². The number of carbonyl (C=O) groups excluding carboxylic acids is 1. The van der Waals surface area contributed by atoms with Gasteiger partial charge in [-0.05, 0) is 19.4 Å². The summed E-state index contributed by atoms with van der Waals surface area (Å²) >= 11 is 0. The van der Waals surface area contributed by atoms with Crippen LogP contribution in [0.3, 0.4) is 0 Å². The van der Waals surface area contributed by atoms with Crippen molar-refractivity contribution in [2.24, 2.45) is 0 Å². The molecule has 0 spiro atoms. The number of ether oxygens (including phenoxy) is 1. The fourth-order valence-corrected chi connectivity index (χ4v) is 4.59. The molecule has 0 aromatic heterocycles. The summed E-state index contributed by atoms with van der Waals surface area (Å²) in [5.74, 6) is 0. The highest BCUT2D eigenvalue weighted by atomic mass is 31.2. The monoisotopic (exact) mass is 435 g/mol. The number of amides is 1. The van der Waals surface area contributed by atoms with Gasteiger partial charge in [-0.2, -0.15) is 13.2 Å². The lowest BCUT2D eigenvalue weighted by atomic mass is 10.1. The average Bonchev–Trinajstić information content (AvgIpc) is 2.66. The number of allylic oxidation sites excluding steroid dienone is 1. The Balaban J connectivity index is 3.32. The predicted octanol–water partition coefficient (Wildman–Crippen LogP) is 5.57. The molecule has 162 valence electrons. The first-order valence-corrected chi connectivity index (χ1v) is 10.3. The van der Waals surface area contributed by atoms with Crippen LogP contribution in [-0.2, 0) is 25.0 Å². The van der Waals surface area contributed by atoms with E-state index >= 15 is 0 Å². The van der Waals surface area contributed by atoms with Crippen molar-refractivity contribution >= 4 is 13.7 Å². The van der Waals surface area contributed by atoms with Crippen LogP contribution in [0.25, 0.3) is 0 Å². The molecule has 6 nitrogen and oxygen atoms in total. The van der Waals surface area contributed by atoms with Crippen LogP contribution in [0.4, 0.5) is 18.0 Å². The van der Waals surface area contributed by atoms with E-state index in [1.807, 2.05) is 0 Å². The number of halogens is 3. The molecule has 1 amide bonds. The third-order valence-corrected chi connectivity index (χ3v) is 6.48. The van der Waals surface area contributed by atoms with Crippen molar-refractivity contribution in [1.29, 1.82) is 0 Å². The zero-order valence-electron chi connectivity index (χ0n) is 16.3. The standard InChI is InChI=1S/C19H25F3NO5P/c1-5-15(4)13-18(19(20,21)22,29(25,27-6-2)28-7-3)23-17(24)26-14-16-11-9-8-10-12-16/h5,8-12H,1,4,6-7,13-14H2,2-3H3,(H,23,24). The SMILES string of the molecule is C=CC(=C)CC(NC(=O)OCc1ccccc1)(C(F)(F)F)P(=O)(OCC)OCC. The Labute approximate surface area is 168 Å².